The standard InChI is InChI=1S/C11H4BrClF2O2/c12-6-1-2-7(14)8(9(6)15)10(16)5-3-4-17-11(5)13/h1-4H. The van der Waals surface area contributed by atoms with E-state index in [1.807, 2.05) is 0 Å². The third-order valence-corrected chi connectivity index (χ3v) is 3.04. The van der Waals surface area contributed by atoms with Crippen LogP contribution in [0.1, 0.15) is 15.9 Å². The van der Waals surface area contributed by atoms with Crippen LogP contribution < -0.4 is 0 Å². The van der Waals surface area contributed by atoms with E-state index in [-0.39, 0.29) is 15.3 Å². The summed E-state index contributed by atoms with van der Waals surface area (Å²) in [5.41, 5.74) is -0.745. The summed E-state index contributed by atoms with van der Waals surface area (Å²) in [7, 11) is 0. The minimum Gasteiger partial charge on any atom is -0.452 e. The SMILES string of the molecule is O=C(c1ccoc1Cl)c1c(F)ccc(Br)c1F. The number of halogens is 4. The zero-order valence-corrected chi connectivity index (χ0v) is 10.5. The van der Waals surface area contributed by atoms with Crippen molar-refractivity contribution >= 4 is 33.3 Å². The minimum absolute atomic E-state index is 0.00173. The third kappa shape index (κ3) is 2.12. The van der Waals surface area contributed by atoms with Gasteiger partial charge in [0.15, 0.2) is 5.82 Å². The largest absolute Gasteiger partial charge is 0.452 e. The molecular formula is C11H4BrClF2O2. The summed E-state index contributed by atoms with van der Waals surface area (Å²) in [6.45, 7) is 0. The predicted molar refractivity (Wildman–Crippen MR) is 61.2 cm³/mol. The highest BCUT2D eigenvalue weighted by atomic mass is 79.9. The van der Waals surface area contributed by atoms with E-state index in [1.165, 1.54) is 18.4 Å². The molecule has 1 heterocycles. The van der Waals surface area contributed by atoms with Gasteiger partial charge in [-0.05, 0) is 45.7 Å². The topological polar surface area (TPSA) is 30.2 Å². The van der Waals surface area contributed by atoms with Gasteiger partial charge in [0.2, 0.25) is 11.0 Å². The molecule has 0 unspecified atom stereocenters. The van der Waals surface area contributed by atoms with E-state index in [4.69, 9.17) is 16.0 Å². The number of hydrogen-bond acceptors (Lipinski definition) is 2. The molecule has 6 heteroatoms. The molecule has 1 aromatic heterocycles. The molecule has 0 saturated heterocycles. The Morgan fingerprint density at radius 2 is 2.00 bits per heavy atom. The number of carbonyl (C=O) groups is 1. The van der Waals surface area contributed by atoms with Gasteiger partial charge in [0, 0.05) is 0 Å². The summed E-state index contributed by atoms with van der Waals surface area (Å²) < 4.78 is 31.8. The maximum absolute atomic E-state index is 13.7. The lowest BCUT2D eigenvalue weighted by Crippen LogP contribution is -2.07. The first kappa shape index (κ1) is 12.3. The molecule has 0 fully saturated rings. The maximum Gasteiger partial charge on any atom is 0.204 e. The molecule has 0 saturated carbocycles. The van der Waals surface area contributed by atoms with Gasteiger partial charge in [-0.1, -0.05) is 0 Å². The smallest absolute Gasteiger partial charge is 0.204 e. The van der Waals surface area contributed by atoms with Crippen molar-refractivity contribution in [2.45, 2.75) is 0 Å². The van der Waals surface area contributed by atoms with Crippen LogP contribution in [0, 0.1) is 11.6 Å². The highest BCUT2D eigenvalue weighted by Gasteiger charge is 2.24. The van der Waals surface area contributed by atoms with E-state index in [1.54, 1.807) is 0 Å². The quantitative estimate of drug-likeness (QED) is 0.613. The van der Waals surface area contributed by atoms with Crippen LogP contribution in [0.4, 0.5) is 8.78 Å². The highest BCUT2D eigenvalue weighted by Crippen LogP contribution is 2.27. The molecule has 1 aromatic carbocycles. The van der Waals surface area contributed by atoms with Crippen LogP contribution in [0.2, 0.25) is 5.22 Å². The van der Waals surface area contributed by atoms with Crippen LogP contribution in [-0.4, -0.2) is 5.78 Å². The summed E-state index contributed by atoms with van der Waals surface area (Å²) in [4.78, 5) is 11.9. The molecule has 0 N–H and O–H groups in total. The zero-order valence-electron chi connectivity index (χ0n) is 8.14. The van der Waals surface area contributed by atoms with E-state index < -0.39 is 23.0 Å². The lowest BCUT2D eigenvalue weighted by atomic mass is 10.1. The Kier molecular flexibility index (Phi) is 3.31. The predicted octanol–water partition coefficient (Wildman–Crippen LogP) is 4.20. The molecule has 0 aliphatic carbocycles. The molecule has 0 aliphatic heterocycles. The van der Waals surface area contributed by atoms with Crippen LogP contribution in [0.25, 0.3) is 0 Å². The maximum atomic E-state index is 13.7. The Morgan fingerprint density at radius 3 is 2.59 bits per heavy atom. The second kappa shape index (κ2) is 4.58. The van der Waals surface area contributed by atoms with Gasteiger partial charge in [-0.3, -0.25) is 4.79 Å². The Hall–Kier alpha value is -1.20. The van der Waals surface area contributed by atoms with E-state index in [2.05, 4.69) is 15.9 Å². The van der Waals surface area contributed by atoms with Gasteiger partial charge in [0.1, 0.15) is 5.82 Å². The number of rotatable bonds is 2. The van der Waals surface area contributed by atoms with Crippen molar-refractivity contribution in [3.8, 4) is 0 Å². The number of benzene rings is 1. The molecule has 17 heavy (non-hydrogen) atoms. The van der Waals surface area contributed by atoms with Gasteiger partial charge >= 0.3 is 0 Å². The van der Waals surface area contributed by atoms with Gasteiger partial charge in [-0.2, -0.15) is 0 Å². The van der Waals surface area contributed by atoms with Crippen molar-refractivity contribution < 1.29 is 18.0 Å². The summed E-state index contributed by atoms with van der Waals surface area (Å²) >= 11 is 8.46. The molecule has 2 nitrogen and oxygen atoms in total. The number of ketones is 1. The summed E-state index contributed by atoms with van der Waals surface area (Å²) in [5, 5.41) is -0.200. The Balaban J connectivity index is 2.59. The molecule has 2 aromatic rings. The fourth-order valence-corrected chi connectivity index (χ4v) is 1.86. The van der Waals surface area contributed by atoms with Gasteiger partial charge in [0.25, 0.3) is 0 Å². The zero-order chi connectivity index (χ0) is 12.6. The van der Waals surface area contributed by atoms with Crippen molar-refractivity contribution in [1.29, 1.82) is 0 Å². The van der Waals surface area contributed by atoms with Crippen LogP contribution in [0.15, 0.2) is 33.4 Å². The molecule has 0 aliphatic rings. The average molecular weight is 322 g/mol. The van der Waals surface area contributed by atoms with Gasteiger partial charge in [0.05, 0.1) is 21.9 Å². The van der Waals surface area contributed by atoms with Crippen molar-refractivity contribution in [3.05, 3.63) is 56.9 Å². The minimum atomic E-state index is -0.965. The van der Waals surface area contributed by atoms with Crippen molar-refractivity contribution in [1.82, 2.24) is 0 Å². The van der Waals surface area contributed by atoms with E-state index in [9.17, 15) is 13.6 Å². The van der Waals surface area contributed by atoms with Gasteiger partial charge < -0.3 is 4.42 Å². The fraction of sp³-hybridized carbons (Fsp3) is 0. The Morgan fingerprint density at radius 1 is 1.29 bits per heavy atom. The molecule has 0 atom stereocenters. The first-order valence-electron chi connectivity index (χ1n) is 4.43. The molecule has 0 spiro atoms. The third-order valence-electron chi connectivity index (χ3n) is 2.13. The Bertz CT molecular complexity index is 595. The first-order valence-corrected chi connectivity index (χ1v) is 5.60. The molecule has 0 amide bonds. The number of hydrogen-bond donors (Lipinski definition) is 0. The molecule has 0 radical (unpaired) electrons. The van der Waals surface area contributed by atoms with Crippen LogP contribution in [0.5, 0.6) is 0 Å². The van der Waals surface area contributed by atoms with Crippen LogP contribution >= 0.6 is 27.5 Å². The van der Waals surface area contributed by atoms with E-state index in [0.29, 0.717) is 0 Å². The highest BCUT2D eigenvalue weighted by molar-refractivity contribution is 9.10. The van der Waals surface area contributed by atoms with Gasteiger partial charge in [-0.25, -0.2) is 8.78 Å². The van der Waals surface area contributed by atoms with Crippen LogP contribution in [-0.2, 0) is 0 Å². The molecule has 2 rings (SSSR count). The molecule has 88 valence electrons. The first-order chi connectivity index (χ1) is 8.02. The lowest BCUT2D eigenvalue weighted by molar-refractivity contribution is 0.103. The van der Waals surface area contributed by atoms with Crippen LogP contribution in [0.3, 0.4) is 0 Å². The normalized spacial score (nSPS) is 10.6. The monoisotopic (exact) mass is 320 g/mol. The summed E-state index contributed by atoms with van der Waals surface area (Å²) in [6.07, 6.45) is 1.17. The van der Waals surface area contributed by atoms with Crippen molar-refractivity contribution in [2.75, 3.05) is 0 Å². The second-order valence-electron chi connectivity index (χ2n) is 3.16. The molecule has 0 bridgehead atoms. The summed E-state index contributed by atoms with van der Waals surface area (Å²) in [6, 6.07) is 3.43. The number of carbonyl (C=O) groups excluding carboxylic acids is 1. The van der Waals surface area contributed by atoms with Crippen molar-refractivity contribution in [2.24, 2.45) is 0 Å². The average Bonchev–Trinajstić information content (AvgIpc) is 2.70. The molecular weight excluding hydrogens is 317 g/mol. The van der Waals surface area contributed by atoms with Gasteiger partial charge in [-0.15, -0.1) is 0 Å². The number of furan rings is 1. The fourth-order valence-electron chi connectivity index (χ4n) is 1.33. The van der Waals surface area contributed by atoms with Crippen molar-refractivity contribution in [3.63, 3.8) is 0 Å². The second-order valence-corrected chi connectivity index (χ2v) is 4.35. The van der Waals surface area contributed by atoms with E-state index >= 15 is 0 Å². The Labute approximate surface area is 108 Å². The lowest BCUT2D eigenvalue weighted by Gasteiger charge is -2.04. The summed E-state index contributed by atoms with van der Waals surface area (Å²) in [5.74, 6) is -2.78. The van der Waals surface area contributed by atoms with E-state index in [0.717, 1.165) is 6.07 Å².